The van der Waals surface area contributed by atoms with Gasteiger partial charge >= 0.3 is 0 Å². The van der Waals surface area contributed by atoms with Crippen molar-refractivity contribution in [2.24, 2.45) is 0 Å². The monoisotopic (exact) mass is 226 g/mol. The second-order valence-electron chi connectivity index (χ2n) is 4.45. The number of thioether (sulfide) groups is 1. The lowest BCUT2D eigenvalue weighted by Crippen LogP contribution is -2.27. The van der Waals surface area contributed by atoms with Gasteiger partial charge in [0.05, 0.1) is 17.6 Å². The van der Waals surface area contributed by atoms with E-state index in [1.165, 1.54) is 18.4 Å². The molecule has 1 saturated carbocycles. The molecule has 0 unspecified atom stereocenters. The maximum absolute atomic E-state index is 10.1. The summed E-state index contributed by atoms with van der Waals surface area (Å²) in [7, 11) is 0. The van der Waals surface area contributed by atoms with E-state index in [9.17, 15) is 5.11 Å². The van der Waals surface area contributed by atoms with Crippen molar-refractivity contribution >= 4 is 11.8 Å². The molecule has 2 rings (SSSR count). The van der Waals surface area contributed by atoms with Crippen molar-refractivity contribution in [1.29, 1.82) is 0 Å². The van der Waals surface area contributed by atoms with Crippen molar-refractivity contribution < 1.29 is 9.52 Å². The van der Waals surface area contributed by atoms with Gasteiger partial charge in [0, 0.05) is 5.75 Å². The summed E-state index contributed by atoms with van der Waals surface area (Å²) in [6, 6.07) is 1.99. The molecule has 1 fully saturated rings. The second-order valence-corrected chi connectivity index (χ2v) is 5.44. The van der Waals surface area contributed by atoms with Crippen LogP contribution in [0.5, 0.6) is 0 Å². The topological polar surface area (TPSA) is 33.4 Å². The van der Waals surface area contributed by atoms with Gasteiger partial charge in [0.25, 0.3) is 0 Å². The molecule has 2 nitrogen and oxygen atoms in total. The Morgan fingerprint density at radius 1 is 1.47 bits per heavy atom. The Morgan fingerprint density at radius 3 is 2.80 bits per heavy atom. The van der Waals surface area contributed by atoms with Crippen LogP contribution in [0, 0.1) is 6.92 Å². The predicted octanol–water partition coefficient (Wildman–Crippen LogP) is 3.13. The molecule has 1 aromatic heterocycles. The fourth-order valence-corrected chi connectivity index (χ4v) is 3.31. The molecule has 1 heterocycles. The molecule has 1 aliphatic rings. The first-order valence-electron chi connectivity index (χ1n) is 5.53. The highest BCUT2D eigenvalue weighted by atomic mass is 32.2. The van der Waals surface area contributed by atoms with Crippen LogP contribution < -0.4 is 0 Å². The van der Waals surface area contributed by atoms with Crippen LogP contribution >= 0.6 is 11.8 Å². The lowest BCUT2D eigenvalue weighted by molar-refractivity contribution is 0.0732. The second kappa shape index (κ2) is 4.62. The third kappa shape index (κ3) is 2.79. The average Bonchev–Trinajstić information content (AvgIpc) is 2.78. The van der Waals surface area contributed by atoms with Crippen LogP contribution in [0.3, 0.4) is 0 Å². The van der Waals surface area contributed by atoms with Crippen LogP contribution in [0.4, 0.5) is 0 Å². The number of hydrogen-bond acceptors (Lipinski definition) is 3. The van der Waals surface area contributed by atoms with E-state index < -0.39 is 5.60 Å². The Kier molecular flexibility index (Phi) is 3.42. The number of furan rings is 1. The van der Waals surface area contributed by atoms with Gasteiger partial charge in [-0.2, -0.15) is 11.8 Å². The molecule has 84 valence electrons. The number of hydrogen-bond donors (Lipinski definition) is 1. The Morgan fingerprint density at radius 2 is 2.20 bits per heavy atom. The molecule has 0 aromatic carbocycles. The van der Waals surface area contributed by atoms with Gasteiger partial charge < -0.3 is 9.52 Å². The molecular weight excluding hydrogens is 208 g/mol. The van der Waals surface area contributed by atoms with E-state index in [2.05, 4.69) is 6.92 Å². The Labute approximate surface area is 95.1 Å². The van der Waals surface area contributed by atoms with Crippen molar-refractivity contribution in [3.05, 3.63) is 23.7 Å². The van der Waals surface area contributed by atoms with Gasteiger partial charge in [-0.25, -0.2) is 0 Å². The quantitative estimate of drug-likeness (QED) is 0.856. The van der Waals surface area contributed by atoms with E-state index in [4.69, 9.17) is 4.42 Å². The summed E-state index contributed by atoms with van der Waals surface area (Å²) in [6.45, 7) is 2.06. The maximum Gasteiger partial charge on any atom is 0.116 e. The van der Waals surface area contributed by atoms with Gasteiger partial charge in [0.2, 0.25) is 0 Å². The number of aliphatic hydroxyl groups is 1. The largest absolute Gasteiger partial charge is 0.468 e. The zero-order valence-corrected chi connectivity index (χ0v) is 9.98. The molecule has 0 amide bonds. The van der Waals surface area contributed by atoms with Gasteiger partial charge in [0.15, 0.2) is 0 Å². The number of rotatable bonds is 4. The van der Waals surface area contributed by atoms with Crippen LogP contribution in [-0.2, 0) is 5.75 Å². The molecule has 0 saturated heterocycles. The normalized spacial score (nSPS) is 19.6. The van der Waals surface area contributed by atoms with Crippen molar-refractivity contribution in [3.63, 3.8) is 0 Å². The molecule has 1 aliphatic carbocycles. The highest BCUT2D eigenvalue weighted by Gasteiger charge is 2.30. The third-order valence-electron chi connectivity index (χ3n) is 3.11. The van der Waals surface area contributed by atoms with E-state index in [-0.39, 0.29) is 0 Å². The zero-order chi connectivity index (χ0) is 10.7. The minimum Gasteiger partial charge on any atom is -0.468 e. The molecule has 15 heavy (non-hydrogen) atoms. The van der Waals surface area contributed by atoms with Crippen molar-refractivity contribution in [3.8, 4) is 0 Å². The van der Waals surface area contributed by atoms with Crippen molar-refractivity contribution in [2.45, 2.75) is 44.0 Å². The fourth-order valence-electron chi connectivity index (χ4n) is 2.06. The summed E-state index contributed by atoms with van der Waals surface area (Å²) in [5, 5.41) is 10.1. The summed E-state index contributed by atoms with van der Waals surface area (Å²) in [4.78, 5) is 0. The smallest absolute Gasteiger partial charge is 0.116 e. The molecule has 0 radical (unpaired) electrons. The van der Waals surface area contributed by atoms with E-state index in [1.54, 1.807) is 18.0 Å². The minimum atomic E-state index is -0.398. The van der Waals surface area contributed by atoms with Gasteiger partial charge in [-0.15, -0.1) is 0 Å². The Balaban J connectivity index is 1.77. The first-order chi connectivity index (χ1) is 7.20. The van der Waals surface area contributed by atoms with Gasteiger partial charge in [-0.3, -0.25) is 0 Å². The Bertz CT molecular complexity index is 313. The lowest BCUT2D eigenvalue weighted by Gasteiger charge is -2.20. The summed E-state index contributed by atoms with van der Waals surface area (Å²) in [6.07, 6.45) is 6.03. The highest BCUT2D eigenvalue weighted by Crippen LogP contribution is 2.33. The SMILES string of the molecule is Cc1ccoc1CSCC1(O)CCCC1. The summed E-state index contributed by atoms with van der Waals surface area (Å²) >= 11 is 1.78. The minimum absolute atomic E-state index is 0.398. The molecule has 0 spiro atoms. The summed E-state index contributed by atoms with van der Waals surface area (Å²) in [5.74, 6) is 2.76. The van der Waals surface area contributed by atoms with Crippen LogP contribution in [0.2, 0.25) is 0 Å². The lowest BCUT2D eigenvalue weighted by atomic mass is 10.1. The fraction of sp³-hybridized carbons (Fsp3) is 0.667. The van der Waals surface area contributed by atoms with Gasteiger partial charge in [-0.1, -0.05) is 12.8 Å². The first kappa shape index (κ1) is 11.1. The van der Waals surface area contributed by atoms with Crippen LogP contribution in [0.1, 0.15) is 37.0 Å². The van der Waals surface area contributed by atoms with E-state index in [1.807, 2.05) is 6.07 Å². The van der Waals surface area contributed by atoms with Crippen LogP contribution in [0.25, 0.3) is 0 Å². The molecule has 3 heteroatoms. The van der Waals surface area contributed by atoms with Gasteiger partial charge in [0.1, 0.15) is 5.76 Å². The van der Waals surface area contributed by atoms with Crippen molar-refractivity contribution in [2.75, 3.05) is 5.75 Å². The summed E-state index contributed by atoms with van der Waals surface area (Å²) in [5.41, 5.74) is 0.812. The maximum atomic E-state index is 10.1. The number of aryl methyl sites for hydroxylation is 1. The Hall–Kier alpha value is -0.410. The van der Waals surface area contributed by atoms with E-state index >= 15 is 0 Å². The highest BCUT2D eigenvalue weighted by molar-refractivity contribution is 7.98. The first-order valence-corrected chi connectivity index (χ1v) is 6.68. The van der Waals surface area contributed by atoms with Crippen LogP contribution in [0.15, 0.2) is 16.7 Å². The van der Waals surface area contributed by atoms with E-state index in [0.29, 0.717) is 0 Å². The molecule has 0 bridgehead atoms. The molecular formula is C12H18O2S. The zero-order valence-electron chi connectivity index (χ0n) is 9.16. The predicted molar refractivity (Wildman–Crippen MR) is 63.0 cm³/mol. The molecule has 1 N–H and O–H groups in total. The summed E-state index contributed by atoms with van der Waals surface area (Å²) < 4.78 is 5.36. The molecule has 0 atom stereocenters. The molecule has 1 aromatic rings. The van der Waals surface area contributed by atoms with E-state index in [0.717, 1.165) is 30.1 Å². The van der Waals surface area contributed by atoms with Gasteiger partial charge in [-0.05, 0) is 31.4 Å². The third-order valence-corrected chi connectivity index (χ3v) is 4.31. The van der Waals surface area contributed by atoms with Crippen LogP contribution in [-0.4, -0.2) is 16.5 Å². The van der Waals surface area contributed by atoms with Crippen molar-refractivity contribution in [1.82, 2.24) is 0 Å². The average molecular weight is 226 g/mol. The molecule has 0 aliphatic heterocycles. The standard InChI is InChI=1S/C12H18O2S/c1-10-4-7-14-11(10)8-15-9-12(13)5-2-3-6-12/h4,7,13H,2-3,5-6,8-9H2,1H3.